The Bertz CT molecular complexity index is 570. The number of ether oxygens (including phenoxy) is 1. The minimum atomic E-state index is -0.160. The molecular formula is C18H27N3O3. The molecular weight excluding hydrogens is 306 g/mol. The van der Waals surface area contributed by atoms with E-state index in [1.54, 1.807) is 12.0 Å². The van der Waals surface area contributed by atoms with Crippen LogP contribution >= 0.6 is 0 Å². The van der Waals surface area contributed by atoms with E-state index < -0.39 is 0 Å². The van der Waals surface area contributed by atoms with Crippen LogP contribution in [0.1, 0.15) is 33.1 Å². The van der Waals surface area contributed by atoms with Crippen molar-refractivity contribution in [2.45, 2.75) is 39.2 Å². The maximum absolute atomic E-state index is 12.4. The lowest BCUT2D eigenvalue weighted by molar-refractivity contribution is -0.117. The number of carbonyl (C=O) groups excluding carboxylic acids is 2. The Morgan fingerprint density at radius 2 is 2.04 bits per heavy atom. The normalized spacial score (nSPS) is 17.0. The first-order chi connectivity index (χ1) is 11.6. The van der Waals surface area contributed by atoms with Crippen molar-refractivity contribution in [3.63, 3.8) is 0 Å². The molecule has 1 atom stereocenters. The fourth-order valence-electron chi connectivity index (χ4n) is 2.95. The van der Waals surface area contributed by atoms with Crippen molar-refractivity contribution in [2.24, 2.45) is 0 Å². The van der Waals surface area contributed by atoms with Gasteiger partial charge < -0.3 is 19.9 Å². The summed E-state index contributed by atoms with van der Waals surface area (Å²) in [6, 6.07) is 7.18. The molecule has 1 aliphatic heterocycles. The smallest absolute Gasteiger partial charge is 0.317 e. The van der Waals surface area contributed by atoms with Gasteiger partial charge in [0.15, 0.2) is 0 Å². The second-order valence-corrected chi connectivity index (χ2v) is 6.04. The molecule has 1 aliphatic rings. The maximum Gasteiger partial charge on any atom is 0.317 e. The van der Waals surface area contributed by atoms with Crippen LogP contribution in [0.25, 0.3) is 0 Å². The molecule has 0 spiro atoms. The van der Waals surface area contributed by atoms with Crippen LogP contribution in [0.4, 0.5) is 10.5 Å². The van der Waals surface area contributed by atoms with Crippen molar-refractivity contribution in [1.82, 2.24) is 10.2 Å². The van der Waals surface area contributed by atoms with E-state index in [2.05, 4.69) is 19.2 Å². The lowest BCUT2D eigenvalue weighted by Crippen LogP contribution is -2.46. The fourth-order valence-corrected chi connectivity index (χ4v) is 2.95. The summed E-state index contributed by atoms with van der Waals surface area (Å²) in [5.41, 5.74) is 0.801. The van der Waals surface area contributed by atoms with Crippen molar-refractivity contribution in [3.8, 4) is 5.75 Å². The van der Waals surface area contributed by atoms with Crippen molar-refractivity contribution < 1.29 is 14.3 Å². The molecule has 0 saturated carbocycles. The minimum absolute atomic E-state index is 0.0195. The largest absolute Gasteiger partial charge is 0.497 e. The molecule has 132 valence electrons. The van der Waals surface area contributed by atoms with Crippen LogP contribution in [0.5, 0.6) is 5.75 Å². The van der Waals surface area contributed by atoms with Crippen molar-refractivity contribution in [3.05, 3.63) is 24.3 Å². The molecule has 0 aliphatic carbocycles. The predicted octanol–water partition coefficient (Wildman–Crippen LogP) is 2.63. The van der Waals surface area contributed by atoms with Gasteiger partial charge in [-0.1, -0.05) is 19.9 Å². The van der Waals surface area contributed by atoms with E-state index in [1.807, 2.05) is 29.2 Å². The predicted molar refractivity (Wildman–Crippen MR) is 94.4 cm³/mol. The van der Waals surface area contributed by atoms with E-state index in [-0.39, 0.29) is 18.0 Å². The number of hydrogen-bond acceptors (Lipinski definition) is 3. The summed E-state index contributed by atoms with van der Waals surface area (Å²) in [6.07, 6.45) is 2.18. The maximum atomic E-state index is 12.4. The van der Waals surface area contributed by atoms with Crippen LogP contribution in [0.15, 0.2) is 24.3 Å². The Labute approximate surface area is 143 Å². The second kappa shape index (κ2) is 8.57. The molecule has 0 bridgehead atoms. The van der Waals surface area contributed by atoms with Crippen LogP contribution in [-0.2, 0) is 4.79 Å². The SMILES string of the molecule is CCCN(CCC)C(=O)NC1CC(=O)N(c2cccc(OC)c2)C1. The third-order valence-electron chi connectivity index (χ3n) is 4.09. The van der Waals surface area contributed by atoms with E-state index in [0.717, 1.165) is 31.6 Å². The highest BCUT2D eigenvalue weighted by atomic mass is 16.5. The van der Waals surface area contributed by atoms with Crippen LogP contribution in [0, 0.1) is 0 Å². The zero-order chi connectivity index (χ0) is 17.5. The summed E-state index contributed by atoms with van der Waals surface area (Å²) in [5.74, 6) is 0.732. The lowest BCUT2D eigenvalue weighted by atomic mass is 10.2. The summed E-state index contributed by atoms with van der Waals surface area (Å²) in [6.45, 7) is 6.07. The van der Waals surface area contributed by atoms with Crippen LogP contribution < -0.4 is 15.0 Å². The van der Waals surface area contributed by atoms with Crippen molar-refractivity contribution >= 4 is 17.6 Å². The van der Waals surface area contributed by atoms with Crippen molar-refractivity contribution in [2.75, 3.05) is 31.6 Å². The Balaban J connectivity index is 1.99. The third-order valence-corrected chi connectivity index (χ3v) is 4.09. The van der Waals surface area contributed by atoms with Gasteiger partial charge in [0.2, 0.25) is 5.91 Å². The van der Waals surface area contributed by atoms with E-state index >= 15 is 0 Å². The number of urea groups is 1. The van der Waals surface area contributed by atoms with Gasteiger partial charge in [0.1, 0.15) is 5.75 Å². The summed E-state index contributed by atoms with van der Waals surface area (Å²) in [7, 11) is 1.60. The number of carbonyl (C=O) groups is 2. The van der Waals surface area contributed by atoms with E-state index in [9.17, 15) is 9.59 Å². The molecule has 6 nitrogen and oxygen atoms in total. The monoisotopic (exact) mass is 333 g/mol. The average molecular weight is 333 g/mol. The highest BCUT2D eigenvalue weighted by Gasteiger charge is 2.32. The number of nitrogens with one attached hydrogen (secondary N) is 1. The second-order valence-electron chi connectivity index (χ2n) is 6.04. The van der Waals surface area contributed by atoms with E-state index in [1.165, 1.54) is 0 Å². The Morgan fingerprint density at radius 3 is 2.67 bits per heavy atom. The molecule has 0 radical (unpaired) electrons. The summed E-state index contributed by atoms with van der Waals surface area (Å²) < 4.78 is 5.21. The average Bonchev–Trinajstić information content (AvgIpc) is 2.95. The van der Waals surface area contributed by atoms with Gasteiger partial charge >= 0.3 is 6.03 Å². The van der Waals surface area contributed by atoms with Gasteiger partial charge in [0.05, 0.1) is 13.2 Å². The quantitative estimate of drug-likeness (QED) is 0.834. The molecule has 1 heterocycles. The molecule has 1 saturated heterocycles. The molecule has 0 aromatic heterocycles. The molecule has 1 aromatic carbocycles. The van der Waals surface area contributed by atoms with Gasteiger partial charge in [0.25, 0.3) is 0 Å². The van der Waals surface area contributed by atoms with Gasteiger partial charge in [-0.15, -0.1) is 0 Å². The standard InChI is InChI=1S/C18H27N3O3/c1-4-9-20(10-5-2)18(23)19-14-11-17(22)21(13-14)15-7-6-8-16(12-15)24-3/h6-8,12,14H,4-5,9-11,13H2,1-3H3,(H,19,23). The summed E-state index contributed by atoms with van der Waals surface area (Å²) >= 11 is 0. The lowest BCUT2D eigenvalue weighted by Gasteiger charge is -2.24. The van der Waals surface area contributed by atoms with E-state index in [4.69, 9.17) is 4.74 Å². The van der Waals surface area contributed by atoms with Crippen LogP contribution in [0.3, 0.4) is 0 Å². The molecule has 6 heteroatoms. The van der Waals surface area contributed by atoms with Gasteiger partial charge in [-0.05, 0) is 25.0 Å². The number of hydrogen-bond donors (Lipinski definition) is 1. The van der Waals surface area contributed by atoms with Gasteiger partial charge in [-0.3, -0.25) is 4.79 Å². The summed E-state index contributed by atoms with van der Waals surface area (Å²) in [4.78, 5) is 28.2. The zero-order valence-corrected chi connectivity index (χ0v) is 14.7. The Morgan fingerprint density at radius 1 is 1.33 bits per heavy atom. The molecule has 2 rings (SSSR count). The molecule has 1 aromatic rings. The molecule has 1 fully saturated rings. The number of anilines is 1. The van der Waals surface area contributed by atoms with Gasteiger partial charge in [-0.2, -0.15) is 0 Å². The first-order valence-electron chi connectivity index (χ1n) is 8.58. The highest BCUT2D eigenvalue weighted by Crippen LogP contribution is 2.25. The van der Waals surface area contributed by atoms with E-state index in [0.29, 0.717) is 18.7 Å². The van der Waals surface area contributed by atoms with Gasteiger partial charge in [-0.25, -0.2) is 4.79 Å². The number of nitrogens with zero attached hydrogens (tertiary/aromatic N) is 2. The summed E-state index contributed by atoms with van der Waals surface area (Å²) in [5, 5.41) is 3.00. The Kier molecular flexibility index (Phi) is 6.46. The topological polar surface area (TPSA) is 61.9 Å². The zero-order valence-electron chi connectivity index (χ0n) is 14.7. The molecule has 3 amide bonds. The molecule has 1 N–H and O–H groups in total. The number of amides is 3. The molecule has 1 unspecified atom stereocenters. The minimum Gasteiger partial charge on any atom is -0.497 e. The first kappa shape index (κ1) is 18.1. The first-order valence-corrected chi connectivity index (χ1v) is 8.58. The Hall–Kier alpha value is -2.24. The fraction of sp³-hybridized carbons (Fsp3) is 0.556. The third kappa shape index (κ3) is 4.40. The van der Waals surface area contributed by atoms with Crippen LogP contribution in [-0.4, -0.2) is 49.6 Å². The van der Waals surface area contributed by atoms with Crippen LogP contribution in [0.2, 0.25) is 0 Å². The number of benzene rings is 1. The van der Waals surface area contributed by atoms with Gasteiger partial charge in [0, 0.05) is 37.8 Å². The number of rotatable bonds is 7. The van der Waals surface area contributed by atoms with Crippen molar-refractivity contribution in [1.29, 1.82) is 0 Å². The number of methoxy groups -OCH3 is 1. The molecule has 24 heavy (non-hydrogen) atoms. The highest BCUT2D eigenvalue weighted by molar-refractivity contribution is 5.97.